The van der Waals surface area contributed by atoms with Gasteiger partial charge in [0.1, 0.15) is 0 Å². The smallest absolute Gasteiger partial charge is 0.308 e. The maximum absolute atomic E-state index is 11.6. The maximum Gasteiger partial charge on any atom is 0.308 e. The number of aliphatic hydroxyl groups is 1. The van der Waals surface area contributed by atoms with Crippen LogP contribution in [0, 0.1) is 5.92 Å². The van der Waals surface area contributed by atoms with E-state index in [0.29, 0.717) is 51.8 Å². The van der Waals surface area contributed by atoms with Crippen molar-refractivity contribution in [2.24, 2.45) is 5.92 Å². The van der Waals surface area contributed by atoms with Gasteiger partial charge in [-0.15, -0.1) is 0 Å². The molecule has 0 radical (unpaired) electrons. The van der Waals surface area contributed by atoms with Crippen LogP contribution in [0.4, 0.5) is 0 Å². The number of carbonyl (C=O) groups excluding carboxylic acids is 2. The zero-order chi connectivity index (χ0) is 15.0. The van der Waals surface area contributed by atoms with Crippen molar-refractivity contribution < 1.29 is 19.4 Å². The summed E-state index contributed by atoms with van der Waals surface area (Å²) in [6.45, 7) is 3.21. The van der Waals surface area contributed by atoms with Crippen molar-refractivity contribution in [2.45, 2.75) is 44.6 Å². The summed E-state index contributed by atoms with van der Waals surface area (Å²) in [5.41, 5.74) is -0.772. The first kappa shape index (κ1) is 16.9. The number of ether oxygens (including phenoxy) is 1. The lowest BCUT2D eigenvalue weighted by Crippen LogP contribution is -2.45. The molecule has 1 saturated carbocycles. The molecule has 6 heteroatoms. The summed E-state index contributed by atoms with van der Waals surface area (Å²) in [5, 5.41) is 16.1. The largest absolute Gasteiger partial charge is 0.466 e. The third-order valence-corrected chi connectivity index (χ3v) is 3.80. The van der Waals surface area contributed by atoms with Gasteiger partial charge in [0.05, 0.1) is 18.1 Å². The number of hydrogen-bond acceptors (Lipinski definition) is 5. The minimum Gasteiger partial charge on any atom is -0.466 e. The Morgan fingerprint density at radius 2 is 2.00 bits per heavy atom. The SMILES string of the molecule is CCOC(=O)C1CCC(O)(CNCCC(=O)NC)CC1. The summed E-state index contributed by atoms with van der Waals surface area (Å²) < 4.78 is 5.01. The second-order valence-electron chi connectivity index (χ2n) is 5.35. The van der Waals surface area contributed by atoms with E-state index in [1.165, 1.54) is 0 Å². The molecule has 6 nitrogen and oxygen atoms in total. The Balaban J connectivity index is 2.24. The Hall–Kier alpha value is -1.14. The summed E-state index contributed by atoms with van der Waals surface area (Å²) in [7, 11) is 1.60. The third kappa shape index (κ3) is 5.46. The summed E-state index contributed by atoms with van der Waals surface area (Å²) in [6, 6.07) is 0. The highest BCUT2D eigenvalue weighted by Crippen LogP contribution is 2.32. The second kappa shape index (κ2) is 8.21. The molecule has 1 aliphatic rings. The summed E-state index contributed by atoms with van der Waals surface area (Å²) in [5.74, 6) is -0.251. The first-order valence-electron chi connectivity index (χ1n) is 7.31. The van der Waals surface area contributed by atoms with Gasteiger partial charge in [-0.05, 0) is 32.6 Å². The van der Waals surface area contributed by atoms with Crippen molar-refractivity contribution in [2.75, 3.05) is 26.7 Å². The molecule has 1 rings (SSSR count). The topological polar surface area (TPSA) is 87.7 Å². The molecule has 0 aromatic rings. The average molecular weight is 286 g/mol. The highest BCUT2D eigenvalue weighted by Gasteiger charge is 2.35. The fourth-order valence-corrected chi connectivity index (χ4v) is 2.48. The third-order valence-electron chi connectivity index (χ3n) is 3.80. The van der Waals surface area contributed by atoms with Gasteiger partial charge in [0, 0.05) is 26.6 Å². The van der Waals surface area contributed by atoms with E-state index in [1.54, 1.807) is 14.0 Å². The second-order valence-corrected chi connectivity index (χ2v) is 5.35. The van der Waals surface area contributed by atoms with E-state index < -0.39 is 5.60 Å². The Kier molecular flexibility index (Phi) is 6.95. The van der Waals surface area contributed by atoms with Crippen molar-refractivity contribution in [3.8, 4) is 0 Å². The number of hydrogen-bond donors (Lipinski definition) is 3. The average Bonchev–Trinajstić information content (AvgIpc) is 2.44. The molecule has 0 unspecified atom stereocenters. The van der Waals surface area contributed by atoms with Crippen LogP contribution in [0.2, 0.25) is 0 Å². The standard InChI is InChI=1S/C14H26N2O4/c1-3-20-13(18)11-4-7-14(19,8-5-11)10-16-9-6-12(17)15-2/h11,16,19H,3-10H2,1-2H3,(H,15,17). The van der Waals surface area contributed by atoms with E-state index in [4.69, 9.17) is 4.74 Å². The van der Waals surface area contributed by atoms with Crippen LogP contribution in [0.5, 0.6) is 0 Å². The van der Waals surface area contributed by atoms with Crippen molar-refractivity contribution in [1.82, 2.24) is 10.6 Å². The van der Waals surface area contributed by atoms with Crippen LogP contribution in [-0.2, 0) is 14.3 Å². The molecular weight excluding hydrogens is 260 g/mol. The van der Waals surface area contributed by atoms with E-state index in [-0.39, 0.29) is 17.8 Å². The fraction of sp³-hybridized carbons (Fsp3) is 0.857. The molecule has 0 aromatic carbocycles. The highest BCUT2D eigenvalue weighted by atomic mass is 16.5. The van der Waals surface area contributed by atoms with Crippen LogP contribution in [-0.4, -0.2) is 49.3 Å². The van der Waals surface area contributed by atoms with E-state index in [1.807, 2.05) is 0 Å². The van der Waals surface area contributed by atoms with Crippen LogP contribution < -0.4 is 10.6 Å². The molecule has 0 atom stereocenters. The van der Waals surface area contributed by atoms with Crippen molar-refractivity contribution in [1.29, 1.82) is 0 Å². The van der Waals surface area contributed by atoms with Gasteiger partial charge in [-0.2, -0.15) is 0 Å². The summed E-state index contributed by atoms with van der Waals surface area (Å²) in [4.78, 5) is 22.7. The number of carbonyl (C=O) groups is 2. The predicted molar refractivity (Wildman–Crippen MR) is 75.1 cm³/mol. The first-order valence-corrected chi connectivity index (χ1v) is 7.31. The molecule has 0 spiro atoms. The number of esters is 1. The van der Waals surface area contributed by atoms with E-state index in [0.717, 1.165) is 0 Å². The fourth-order valence-electron chi connectivity index (χ4n) is 2.48. The van der Waals surface area contributed by atoms with Crippen LogP contribution in [0.1, 0.15) is 39.0 Å². The Morgan fingerprint density at radius 3 is 2.55 bits per heavy atom. The molecule has 0 bridgehead atoms. The van der Waals surface area contributed by atoms with E-state index >= 15 is 0 Å². The molecule has 0 aliphatic heterocycles. The van der Waals surface area contributed by atoms with Crippen LogP contribution in [0.15, 0.2) is 0 Å². The maximum atomic E-state index is 11.6. The van der Waals surface area contributed by atoms with Gasteiger partial charge in [0.2, 0.25) is 5.91 Å². The van der Waals surface area contributed by atoms with Gasteiger partial charge in [0.15, 0.2) is 0 Å². The lowest BCUT2D eigenvalue weighted by Gasteiger charge is -2.35. The predicted octanol–water partition coefficient (Wildman–Crippen LogP) is 0.197. The van der Waals surface area contributed by atoms with E-state index in [2.05, 4.69) is 10.6 Å². The quantitative estimate of drug-likeness (QED) is 0.459. The summed E-state index contributed by atoms with van der Waals surface area (Å²) in [6.07, 6.45) is 2.89. The highest BCUT2D eigenvalue weighted by molar-refractivity contribution is 5.75. The lowest BCUT2D eigenvalue weighted by molar-refractivity contribution is -0.151. The van der Waals surface area contributed by atoms with Gasteiger partial charge in [-0.1, -0.05) is 0 Å². The molecule has 1 aliphatic carbocycles. The minimum absolute atomic E-state index is 0.0180. The zero-order valence-electron chi connectivity index (χ0n) is 12.4. The number of amides is 1. The van der Waals surface area contributed by atoms with Gasteiger partial charge in [0.25, 0.3) is 0 Å². The lowest BCUT2D eigenvalue weighted by atomic mass is 9.79. The molecule has 116 valence electrons. The summed E-state index contributed by atoms with van der Waals surface area (Å²) >= 11 is 0. The van der Waals surface area contributed by atoms with Gasteiger partial charge < -0.3 is 20.5 Å². The van der Waals surface area contributed by atoms with Crippen molar-refractivity contribution in [3.05, 3.63) is 0 Å². The molecule has 1 amide bonds. The van der Waals surface area contributed by atoms with Gasteiger partial charge >= 0.3 is 5.97 Å². The van der Waals surface area contributed by atoms with Gasteiger partial charge in [-0.3, -0.25) is 9.59 Å². The number of nitrogens with one attached hydrogen (secondary N) is 2. The van der Waals surface area contributed by atoms with Crippen LogP contribution in [0.3, 0.4) is 0 Å². The number of rotatable bonds is 7. The zero-order valence-corrected chi connectivity index (χ0v) is 12.4. The monoisotopic (exact) mass is 286 g/mol. The molecule has 0 heterocycles. The Bertz CT molecular complexity index is 325. The molecule has 20 heavy (non-hydrogen) atoms. The Labute approximate surface area is 120 Å². The molecule has 1 fully saturated rings. The molecular formula is C14H26N2O4. The molecule has 0 aromatic heterocycles. The van der Waals surface area contributed by atoms with Crippen molar-refractivity contribution in [3.63, 3.8) is 0 Å². The first-order chi connectivity index (χ1) is 9.50. The van der Waals surface area contributed by atoms with Crippen LogP contribution in [0.25, 0.3) is 0 Å². The van der Waals surface area contributed by atoms with Crippen molar-refractivity contribution >= 4 is 11.9 Å². The minimum atomic E-state index is -0.772. The molecule has 3 N–H and O–H groups in total. The normalized spacial score (nSPS) is 26.1. The Morgan fingerprint density at radius 1 is 1.35 bits per heavy atom. The van der Waals surface area contributed by atoms with Crippen LogP contribution >= 0.6 is 0 Å². The van der Waals surface area contributed by atoms with E-state index in [9.17, 15) is 14.7 Å². The molecule has 0 saturated heterocycles. The van der Waals surface area contributed by atoms with Gasteiger partial charge in [-0.25, -0.2) is 0 Å².